The number of unbranched alkanes of at least 4 members (excludes halogenated alkanes) is 2. The van der Waals surface area contributed by atoms with Crippen LogP contribution >= 0.6 is 34.8 Å². The van der Waals surface area contributed by atoms with E-state index in [1.807, 2.05) is 0 Å². The predicted octanol–water partition coefficient (Wildman–Crippen LogP) is 6.21. The number of hydrogen-bond donors (Lipinski definition) is 0. The minimum Gasteiger partial charge on any atom is -0.462 e. The van der Waals surface area contributed by atoms with E-state index in [0.717, 1.165) is 19.3 Å². The van der Waals surface area contributed by atoms with Gasteiger partial charge in [-0.3, -0.25) is 0 Å². The minimum absolute atomic E-state index is 0.0820. The Morgan fingerprint density at radius 3 is 2.23 bits per heavy atom. The molecule has 26 heavy (non-hydrogen) atoms. The van der Waals surface area contributed by atoms with Gasteiger partial charge in [-0.15, -0.1) is 0 Å². The third-order valence-electron chi connectivity index (χ3n) is 3.49. The highest BCUT2D eigenvalue weighted by Crippen LogP contribution is 2.34. The summed E-state index contributed by atoms with van der Waals surface area (Å²) < 4.78 is 10.4. The molecule has 0 fully saturated rings. The Bertz CT molecular complexity index is 805. The molecule has 2 rings (SSSR count). The molecule has 0 N–H and O–H groups in total. The molecule has 0 aliphatic rings. The highest BCUT2D eigenvalue weighted by Gasteiger charge is 2.16. The lowest BCUT2D eigenvalue weighted by Gasteiger charge is -2.09. The minimum atomic E-state index is -0.675. The first-order chi connectivity index (χ1) is 12.4. The number of rotatable bonds is 7. The van der Waals surface area contributed by atoms with Gasteiger partial charge in [-0.1, -0.05) is 60.6 Å². The van der Waals surface area contributed by atoms with Gasteiger partial charge in [0, 0.05) is 6.07 Å². The molecule has 0 saturated heterocycles. The van der Waals surface area contributed by atoms with Crippen LogP contribution < -0.4 is 4.74 Å². The average molecular weight is 416 g/mol. The van der Waals surface area contributed by atoms with Crippen molar-refractivity contribution in [2.45, 2.75) is 26.2 Å². The summed E-state index contributed by atoms with van der Waals surface area (Å²) in [4.78, 5) is 24.4. The third-order valence-corrected chi connectivity index (χ3v) is 4.51. The van der Waals surface area contributed by atoms with Crippen molar-refractivity contribution >= 4 is 46.7 Å². The van der Waals surface area contributed by atoms with Crippen LogP contribution in [0.3, 0.4) is 0 Å². The SMILES string of the molecule is CCCCCOC(=O)c1cccc(C(=O)Oc2cc(Cl)c(Cl)cc2Cl)c1. The van der Waals surface area contributed by atoms with E-state index in [4.69, 9.17) is 44.3 Å². The molecule has 0 atom stereocenters. The van der Waals surface area contributed by atoms with E-state index in [9.17, 15) is 9.59 Å². The Kier molecular flexibility index (Phi) is 7.76. The number of ether oxygens (including phenoxy) is 2. The Labute approximate surface area is 167 Å². The van der Waals surface area contributed by atoms with Gasteiger partial charge in [0.05, 0.1) is 32.8 Å². The number of halogens is 3. The topological polar surface area (TPSA) is 52.6 Å². The lowest BCUT2D eigenvalue weighted by molar-refractivity contribution is 0.0498. The summed E-state index contributed by atoms with van der Waals surface area (Å²) >= 11 is 17.8. The maximum Gasteiger partial charge on any atom is 0.343 e. The molecular formula is C19H17Cl3O4. The molecule has 2 aromatic carbocycles. The van der Waals surface area contributed by atoms with E-state index in [0.29, 0.717) is 6.61 Å². The van der Waals surface area contributed by atoms with Gasteiger partial charge in [0.25, 0.3) is 0 Å². The van der Waals surface area contributed by atoms with Crippen molar-refractivity contribution in [3.8, 4) is 5.75 Å². The maximum atomic E-state index is 12.3. The summed E-state index contributed by atoms with van der Waals surface area (Å²) in [6.45, 7) is 2.41. The first-order valence-corrected chi connectivity index (χ1v) is 9.19. The van der Waals surface area contributed by atoms with Gasteiger partial charge in [0.2, 0.25) is 0 Å². The van der Waals surface area contributed by atoms with E-state index in [1.165, 1.54) is 24.3 Å². The Balaban J connectivity index is 2.08. The predicted molar refractivity (Wildman–Crippen MR) is 103 cm³/mol. The molecule has 0 spiro atoms. The van der Waals surface area contributed by atoms with Crippen molar-refractivity contribution in [3.63, 3.8) is 0 Å². The molecule has 2 aromatic rings. The Morgan fingerprint density at radius 2 is 1.54 bits per heavy atom. The fourth-order valence-electron chi connectivity index (χ4n) is 2.11. The molecule has 4 nitrogen and oxygen atoms in total. The molecule has 138 valence electrons. The Morgan fingerprint density at radius 1 is 0.885 bits per heavy atom. The number of benzene rings is 2. The van der Waals surface area contributed by atoms with Crippen LogP contribution in [0.25, 0.3) is 0 Å². The second-order valence-electron chi connectivity index (χ2n) is 5.51. The van der Waals surface area contributed by atoms with Crippen LogP contribution in [-0.4, -0.2) is 18.5 Å². The summed E-state index contributed by atoms with van der Waals surface area (Å²) in [6.07, 6.45) is 2.83. The number of hydrogen-bond acceptors (Lipinski definition) is 4. The molecule has 0 amide bonds. The van der Waals surface area contributed by atoms with Crippen molar-refractivity contribution in [3.05, 3.63) is 62.6 Å². The van der Waals surface area contributed by atoms with Crippen LogP contribution in [0.1, 0.15) is 46.9 Å². The molecular weight excluding hydrogens is 399 g/mol. The first-order valence-electron chi connectivity index (χ1n) is 8.06. The van der Waals surface area contributed by atoms with Crippen molar-refractivity contribution in [2.75, 3.05) is 6.61 Å². The highest BCUT2D eigenvalue weighted by atomic mass is 35.5. The van der Waals surface area contributed by atoms with Crippen molar-refractivity contribution in [1.82, 2.24) is 0 Å². The second-order valence-corrected chi connectivity index (χ2v) is 6.73. The molecule has 0 aromatic heterocycles. The van der Waals surface area contributed by atoms with Crippen LogP contribution in [0, 0.1) is 0 Å². The van der Waals surface area contributed by atoms with Crippen LogP contribution in [0.4, 0.5) is 0 Å². The van der Waals surface area contributed by atoms with Crippen molar-refractivity contribution < 1.29 is 19.1 Å². The standard InChI is InChI=1S/C19H17Cl3O4/c1-2-3-4-8-25-18(23)12-6-5-7-13(9-12)19(24)26-17-11-15(21)14(20)10-16(17)22/h5-7,9-11H,2-4,8H2,1H3. The van der Waals surface area contributed by atoms with Gasteiger partial charge in [0.1, 0.15) is 0 Å². The van der Waals surface area contributed by atoms with Gasteiger partial charge in [0.15, 0.2) is 5.75 Å². The van der Waals surface area contributed by atoms with E-state index in [2.05, 4.69) is 6.92 Å². The van der Waals surface area contributed by atoms with Crippen LogP contribution in [0.2, 0.25) is 15.1 Å². The smallest absolute Gasteiger partial charge is 0.343 e. The summed E-state index contributed by atoms with van der Waals surface area (Å²) in [6, 6.07) is 8.84. The number of esters is 2. The molecule has 0 aliphatic heterocycles. The summed E-state index contributed by atoms with van der Waals surface area (Å²) in [5, 5.41) is 0.617. The van der Waals surface area contributed by atoms with Crippen LogP contribution in [-0.2, 0) is 4.74 Å². The number of carbonyl (C=O) groups excluding carboxylic acids is 2. The van der Waals surface area contributed by atoms with E-state index < -0.39 is 11.9 Å². The zero-order valence-electron chi connectivity index (χ0n) is 14.1. The van der Waals surface area contributed by atoms with Crippen molar-refractivity contribution in [2.24, 2.45) is 0 Å². The van der Waals surface area contributed by atoms with E-state index >= 15 is 0 Å². The molecule has 0 unspecified atom stereocenters. The first kappa shape index (κ1) is 20.6. The molecule has 0 aliphatic carbocycles. The lowest BCUT2D eigenvalue weighted by Crippen LogP contribution is -2.11. The van der Waals surface area contributed by atoms with Gasteiger partial charge in [-0.25, -0.2) is 9.59 Å². The number of carbonyl (C=O) groups is 2. The largest absolute Gasteiger partial charge is 0.462 e. The Hall–Kier alpha value is -1.75. The monoisotopic (exact) mass is 414 g/mol. The van der Waals surface area contributed by atoms with Gasteiger partial charge < -0.3 is 9.47 Å². The molecule has 0 heterocycles. The summed E-state index contributed by atoms with van der Waals surface area (Å²) in [5.74, 6) is -1.08. The molecule has 0 saturated carbocycles. The fraction of sp³-hybridized carbons (Fsp3) is 0.263. The van der Waals surface area contributed by atoms with Gasteiger partial charge in [-0.05, 0) is 30.7 Å². The van der Waals surface area contributed by atoms with Gasteiger partial charge in [-0.2, -0.15) is 0 Å². The van der Waals surface area contributed by atoms with E-state index in [-0.39, 0.29) is 31.9 Å². The zero-order chi connectivity index (χ0) is 19.1. The molecule has 0 radical (unpaired) electrons. The quantitative estimate of drug-likeness (QED) is 0.233. The van der Waals surface area contributed by atoms with E-state index in [1.54, 1.807) is 12.1 Å². The van der Waals surface area contributed by atoms with Gasteiger partial charge >= 0.3 is 11.9 Å². The average Bonchev–Trinajstić information content (AvgIpc) is 2.63. The van der Waals surface area contributed by atoms with Crippen LogP contribution in [0.5, 0.6) is 5.75 Å². The fourth-order valence-corrected chi connectivity index (χ4v) is 2.69. The lowest BCUT2D eigenvalue weighted by atomic mass is 10.1. The zero-order valence-corrected chi connectivity index (χ0v) is 16.3. The maximum absolute atomic E-state index is 12.3. The van der Waals surface area contributed by atoms with Crippen molar-refractivity contribution in [1.29, 1.82) is 0 Å². The summed E-state index contributed by atoms with van der Waals surface area (Å²) in [5.41, 5.74) is 0.464. The summed E-state index contributed by atoms with van der Waals surface area (Å²) in [7, 11) is 0. The van der Waals surface area contributed by atoms with Crippen LogP contribution in [0.15, 0.2) is 36.4 Å². The second kappa shape index (κ2) is 9.81. The highest BCUT2D eigenvalue weighted by molar-refractivity contribution is 6.43. The normalized spacial score (nSPS) is 10.5. The molecule has 0 bridgehead atoms. The molecule has 7 heteroatoms. The third kappa shape index (κ3) is 5.63.